The van der Waals surface area contributed by atoms with E-state index in [1.807, 2.05) is 0 Å². The highest BCUT2D eigenvalue weighted by Gasteiger charge is 2.17. The smallest absolute Gasteiger partial charge is 0.332 e. The second kappa shape index (κ2) is 6.99. The van der Waals surface area contributed by atoms with E-state index in [1.165, 1.54) is 23.4 Å². The van der Waals surface area contributed by atoms with Crippen LogP contribution in [0.2, 0.25) is 0 Å². The number of thioether (sulfide) groups is 1. The molecule has 0 aliphatic rings. The van der Waals surface area contributed by atoms with Crippen LogP contribution in [0.25, 0.3) is 11.0 Å². The van der Waals surface area contributed by atoms with E-state index in [9.17, 15) is 14.4 Å². The molecule has 0 atom stereocenters. The number of nitrogens with two attached hydrogens (primary N) is 1. The zero-order valence-electron chi connectivity index (χ0n) is 13.5. The summed E-state index contributed by atoms with van der Waals surface area (Å²) < 4.78 is 2.40. The second-order valence-corrected chi connectivity index (χ2v) is 6.36. The van der Waals surface area contributed by atoms with Crippen molar-refractivity contribution in [3.63, 3.8) is 0 Å². The van der Waals surface area contributed by atoms with E-state index < -0.39 is 17.2 Å². The maximum absolute atomic E-state index is 12.6. The first-order chi connectivity index (χ1) is 10.9. The van der Waals surface area contributed by atoms with Crippen LogP contribution in [0.15, 0.2) is 20.7 Å². The molecule has 124 valence electrons. The van der Waals surface area contributed by atoms with Gasteiger partial charge in [-0.15, -0.1) is 11.8 Å². The summed E-state index contributed by atoms with van der Waals surface area (Å²) in [5, 5.41) is 0.370. The number of fused-ring (bicyclic) bond motifs is 1. The van der Waals surface area contributed by atoms with E-state index >= 15 is 0 Å². The molecule has 2 aromatic rings. The zero-order valence-corrected chi connectivity index (χ0v) is 14.3. The summed E-state index contributed by atoms with van der Waals surface area (Å²) in [7, 11) is 3.01. The van der Waals surface area contributed by atoms with Crippen molar-refractivity contribution in [3.05, 3.63) is 32.6 Å². The molecule has 2 aromatic heterocycles. The number of primary amides is 1. The van der Waals surface area contributed by atoms with Gasteiger partial charge in [-0.1, -0.05) is 13.3 Å². The van der Waals surface area contributed by atoms with Gasteiger partial charge in [-0.3, -0.25) is 18.7 Å². The zero-order chi connectivity index (χ0) is 17.1. The van der Waals surface area contributed by atoms with Gasteiger partial charge in [0.05, 0.1) is 11.1 Å². The molecule has 0 aliphatic carbocycles. The first-order valence-corrected chi connectivity index (χ1v) is 8.35. The summed E-state index contributed by atoms with van der Waals surface area (Å²) in [6.07, 6.45) is 4.39. The molecule has 2 rings (SSSR count). The van der Waals surface area contributed by atoms with E-state index in [-0.39, 0.29) is 5.75 Å². The Kier molecular flexibility index (Phi) is 5.25. The molecule has 0 aromatic carbocycles. The predicted octanol–water partition coefficient (Wildman–Crippen LogP) is 0.552. The van der Waals surface area contributed by atoms with E-state index in [0.29, 0.717) is 15.9 Å². The van der Waals surface area contributed by atoms with Gasteiger partial charge in [-0.2, -0.15) is 0 Å². The molecule has 0 saturated carbocycles. The van der Waals surface area contributed by atoms with Gasteiger partial charge in [-0.25, -0.2) is 9.78 Å². The average molecular weight is 336 g/mol. The van der Waals surface area contributed by atoms with Crippen LogP contribution in [-0.2, 0) is 25.3 Å². The average Bonchev–Trinajstić information content (AvgIpc) is 2.53. The summed E-state index contributed by atoms with van der Waals surface area (Å²) in [4.78, 5) is 40.8. The Morgan fingerprint density at radius 2 is 2.00 bits per heavy atom. The Bertz CT molecular complexity index is 870. The monoisotopic (exact) mass is 336 g/mol. The highest BCUT2D eigenvalue weighted by Crippen LogP contribution is 2.28. The molecule has 8 heteroatoms. The predicted molar refractivity (Wildman–Crippen MR) is 90.8 cm³/mol. The number of carbonyl (C=O) groups excluding carboxylic acids is 1. The van der Waals surface area contributed by atoms with E-state index in [4.69, 9.17) is 5.73 Å². The quantitative estimate of drug-likeness (QED) is 0.777. The standard InChI is InChI=1S/C15H20N4O3S/c1-4-5-6-9-7-17-13-11(12(9)23-8-10(16)20)14(21)19(3)15(22)18(13)2/h7H,4-6,8H2,1-3H3,(H2,16,20). The normalized spacial score (nSPS) is 11.1. The summed E-state index contributed by atoms with van der Waals surface area (Å²) in [6, 6.07) is 0. The van der Waals surface area contributed by atoms with E-state index in [0.717, 1.165) is 29.4 Å². The molecule has 0 saturated heterocycles. The Morgan fingerprint density at radius 1 is 1.30 bits per heavy atom. The number of rotatable bonds is 6. The molecule has 0 spiro atoms. The van der Waals surface area contributed by atoms with Gasteiger partial charge in [0, 0.05) is 25.2 Å². The lowest BCUT2D eigenvalue weighted by Crippen LogP contribution is -2.37. The number of pyridine rings is 1. The van der Waals surface area contributed by atoms with Gasteiger partial charge in [0.2, 0.25) is 5.91 Å². The number of hydrogen-bond donors (Lipinski definition) is 1. The van der Waals surface area contributed by atoms with Gasteiger partial charge in [0.1, 0.15) is 5.65 Å². The van der Waals surface area contributed by atoms with Crippen molar-refractivity contribution in [2.24, 2.45) is 19.8 Å². The molecule has 0 aliphatic heterocycles. The third kappa shape index (κ3) is 3.31. The summed E-state index contributed by atoms with van der Waals surface area (Å²) in [6.45, 7) is 2.08. The molecular formula is C15H20N4O3S. The van der Waals surface area contributed by atoms with Crippen molar-refractivity contribution < 1.29 is 4.79 Å². The fourth-order valence-electron chi connectivity index (χ4n) is 2.40. The van der Waals surface area contributed by atoms with Gasteiger partial charge in [0.15, 0.2) is 0 Å². The topological polar surface area (TPSA) is 100.0 Å². The SMILES string of the molecule is CCCCc1cnc2c(c1SCC(N)=O)c(=O)n(C)c(=O)n2C. The first kappa shape index (κ1) is 17.3. The van der Waals surface area contributed by atoms with Crippen LogP contribution in [0.1, 0.15) is 25.3 Å². The van der Waals surface area contributed by atoms with Crippen LogP contribution in [0.5, 0.6) is 0 Å². The second-order valence-electron chi connectivity index (χ2n) is 5.38. The fraction of sp³-hybridized carbons (Fsp3) is 0.467. The summed E-state index contributed by atoms with van der Waals surface area (Å²) in [5.74, 6) is -0.382. The third-order valence-corrected chi connectivity index (χ3v) is 4.84. The highest BCUT2D eigenvalue weighted by atomic mass is 32.2. The van der Waals surface area contributed by atoms with Crippen LogP contribution in [0.4, 0.5) is 0 Å². The Labute approximate surface area is 137 Å². The first-order valence-electron chi connectivity index (χ1n) is 7.37. The van der Waals surface area contributed by atoms with Crippen LogP contribution in [0, 0.1) is 0 Å². The van der Waals surface area contributed by atoms with Gasteiger partial charge < -0.3 is 5.73 Å². The highest BCUT2D eigenvalue weighted by molar-refractivity contribution is 8.00. The van der Waals surface area contributed by atoms with Crippen LogP contribution >= 0.6 is 11.8 Å². The van der Waals surface area contributed by atoms with Crippen LogP contribution in [-0.4, -0.2) is 25.8 Å². The minimum atomic E-state index is -0.456. The van der Waals surface area contributed by atoms with E-state index in [2.05, 4.69) is 11.9 Å². The van der Waals surface area contributed by atoms with Crippen LogP contribution < -0.4 is 17.0 Å². The number of nitrogens with zero attached hydrogens (tertiary/aromatic N) is 3. The number of hydrogen-bond acceptors (Lipinski definition) is 5. The lowest BCUT2D eigenvalue weighted by molar-refractivity contribution is -0.115. The third-order valence-electron chi connectivity index (χ3n) is 3.65. The van der Waals surface area contributed by atoms with Crippen molar-refractivity contribution in [3.8, 4) is 0 Å². The molecular weight excluding hydrogens is 316 g/mol. The maximum Gasteiger partial charge on any atom is 0.332 e. The van der Waals surface area contributed by atoms with Crippen molar-refractivity contribution in [2.75, 3.05) is 5.75 Å². The fourth-order valence-corrected chi connectivity index (χ4v) is 3.34. The number of carbonyl (C=O) groups is 1. The van der Waals surface area contributed by atoms with Crippen molar-refractivity contribution >= 4 is 28.7 Å². The lowest BCUT2D eigenvalue weighted by Gasteiger charge is -2.13. The molecule has 7 nitrogen and oxygen atoms in total. The Morgan fingerprint density at radius 3 is 2.61 bits per heavy atom. The molecule has 1 amide bonds. The van der Waals surface area contributed by atoms with Crippen LogP contribution in [0.3, 0.4) is 0 Å². The minimum Gasteiger partial charge on any atom is -0.369 e. The molecule has 23 heavy (non-hydrogen) atoms. The maximum atomic E-state index is 12.6. The number of aromatic nitrogens is 3. The molecule has 2 heterocycles. The Hall–Kier alpha value is -2.09. The molecule has 0 fully saturated rings. The lowest BCUT2D eigenvalue weighted by atomic mass is 10.1. The van der Waals surface area contributed by atoms with Gasteiger partial charge in [-0.05, 0) is 18.4 Å². The molecule has 0 radical (unpaired) electrons. The molecule has 0 bridgehead atoms. The van der Waals surface area contributed by atoms with Crippen molar-refractivity contribution in [1.29, 1.82) is 0 Å². The van der Waals surface area contributed by atoms with Crippen molar-refractivity contribution in [2.45, 2.75) is 31.1 Å². The molecule has 0 unspecified atom stereocenters. The summed E-state index contributed by atoms with van der Waals surface area (Å²) >= 11 is 1.23. The van der Waals surface area contributed by atoms with Gasteiger partial charge in [0.25, 0.3) is 5.56 Å². The number of amides is 1. The molecule has 2 N–H and O–H groups in total. The summed E-state index contributed by atoms with van der Waals surface area (Å²) in [5.41, 5.74) is 5.64. The van der Waals surface area contributed by atoms with Crippen molar-refractivity contribution in [1.82, 2.24) is 14.1 Å². The number of unbranched alkanes of at least 4 members (excludes halogenated alkanes) is 1. The number of aryl methyl sites for hydroxylation is 2. The van der Waals surface area contributed by atoms with E-state index in [1.54, 1.807) is 13.2 Å². The minimum absolute atomic E-state index is 0.0736. The Balaban J connectivity index is 2.78. The van der Waals surface area contributed by atoms with Gasteiger partial charge >= 0.3 is 5.69 Å². The largest absolute Gasteiger partial charge is 0.369 e.